The van der Waals surface area contributed by atoms with Crippen molar-refractivity contribution < 1.29 is 4.92 Å². The summed E-state index contributed by atoms with van der Waals surface area (Å²) >= 11 is 3.20. The second-order valence-corrected chi connectivity index (χ2v) is 5.89. The molecule has 1 fully saturated rings. The van der Waals surface area contributed by atoms with Crippen LogP contribution >= 0.6 is 15.9 Å². The number of anilines is 1. The summed E-state index contributed by atoms with van der Waals surface area (Å²) in [7, 11) is 0. The van der Waals surface area contributed by atoms with Crippen molar-refractivity contribution in [2.24, 2.45) is 5.92 Å². The zero-order valence-corrected chi connectivity index (χ0v) is 11.9. The molecule has 0 aliphatic heterocycles. The summed E-state index contributed by atoms with van der Waals surface area (Å²) in [6.07, 6.45) is 4.81. The Morgan fingerprint density at radius 2 is 2.22 bits per heavy atom. The number of rotatable bonds is 3. The molecule has 5 heteroatoms. The van der Waals surface area contributed by atoms with Crippen LogP contribution in [0, 0.1) is 16.0 Å². The predicted molar refractivity (Wildman–Crippen MR) is 75.8 cm³/mol. The molecule has 1 aliphatic carbocycles. The van der Waals surface area contributed by atoms with E-state index >= 15 is 0 Å². The SMILES string of the molecule is CC1CCCC(Nc2ccc(Br)c([N+](=O)[O-])c2)C1. The van der Waals surface area contributed by atoms with E-state index in [4.69, 9.17) is 0 Å². The summed E-state index contributed by atoms with van der Waals surface area (Å²) in [5.41, 5.74) is 0.952. The number of nitro groups is 1. The Labute approximate surface area is 115 Å². The quantitative estimate of drug-likeness (QED) is 0.667. The van der Waals surface area contributed by atoms with Crippen molar-refractivity contribution in [3.05, 3.63) is 32.8 Å². The molecule has 0 saturated heterocycles. The Morgan fingerprint density at radius 3 is 2.89 bits per heavy atom. The minimum absolute atomic E-state index is 0.115. The van der Waals surface area contributed by atoms with Crippen LogP contribution in [-0.2, 0) is 0 Å². The standard InChI is InChI=1S/C13H17BrN2O2/c1-9-3-2-4-10(7-9)15-11-5-6-12(14)13(8-11)16(17)18/h5-6,8-10,15H,2-4,7H2,1H3. The molecule has 0 amide bonds. The Bertz CT molecular complexity index is 451. The lowest BCUT2D eigenvalue weighted by molar-refractivity contribution is -0.385. The maximum Gasteiger partial charge on any atom is 0.285 e. The second kappa shape index (κ2) is 5.69. The predicted octanol–water partition coefficient (Wildman–Crippen LogP) is 4.35. The molecule has 1 aromatic rings. The van der Waals surface area contributed by atoms with Crippen molar-refractivity contribution in [1.29, 1.82) is 0 Å². The molecule has 2 atom stereocenters. The Kier molecular flexibility index (Phi) is 4.22. The van der Waals surface area contributed by atoms with E-state index < -0.39 is 0 Å². The number of nitrogens with one attached hydrogen (secondary N) is 1. The lowest BCUT2D eigenvalue weighted by atomic mass is 9.87. The third-order valence-corrected chi connectivity index (χ3v) is 4.12. The van der Waals surface area contributed by atoms with Crippen LogP contribution in [0.5, 0.6) is 0 Å². The number of nitro benzene ring substituents is 1. The summed E-state index contributed by atoms with van der Waals surface area (Å²) < 4.78 is 0.523. The Morgan fingerprint density at radius 1 is 1.44 bits per heavy atom. The minimum Gasteiger partial charge on any atom is -0.382 e. The summed E-state index contributed by atoms with van der Waals surface area (Å²) in [4.78, 5) is 10.5. The van der Waals surface area contributed by atoms with E-state index in [1.165, 1.54) is 12.8 Å². The van der Waals surface area contributed by atoms with Crippen LogP contribution in [0.25, 0.3) is 0 Å². The molecule has 1 N–H and O–H groups in total. The zero-order chi connectivity index (χ0) is 13.1. The number of halogens is 1. The first-order valence-electron chi connectivity index (χ1n) is 6.26. The van der Waals surface area contributed by atoms with Gasteiger partial charge in [-0.1, -0.05) is 19.8 Å². The van der Waals surface area contributed by atoms with E-state index in [0.717, 1.165) is 24.4 Å². The summed E-state index contributed by atoms with van der Waals surface area (Å²) in [6, 6.07) is 5.65. The lowest BCUT2D eigenvalue weighted by Crippen LogP contribution is -2.26. The van der Waals surface area contributed by atoms with Crippen LogP contribution in [0.3, 0.4) is 0 Å². The summed E-state index contributed by atoms with van der Waals surface area (Å²) in [6.45, 7) is 2.26. The molecule has 18 heavy (non-hydrogen) atoms. The van der Waals surface area contributed by atoms with Crippen molar-refractivity contribution in [2.45, 2.75) is 38.6 Å². The molecule has 1 aromatic carbocycles. The van der Waals surface area contributed by atoms with Crippen LogP contribution in [0.1, 0.15) is 32.6 Å². The molecular weight excluding hydrogens is 296 g/mol. The number of benzene rings is 1. The highest BCUT2D eigenvalue weighted by Gasteiger charge is 2.19. The molecular formula is C13H17BrN2O2. The Hall–Kier alpha value is -1.10. The molecule has 0 radical (unpaired) electrons. The topological polar surface area (TPSA) is 55.2 Å². The van der Waals surface area contributed by atoms with Crippen molar-refractivity contribution >= 4 is 27.3 Å². The number of hydrogen-bond donors (Lipinski definition) is 1. The third-order valence-electron chi connectivity index (χ3n) is 3.45. The highest BCUT2D eigenvalue weighted by Crippen LogP contribution is 2.30. The molecule has 0 bridgehead atoms. The molecule has 0 aromatic heterocycles. The van der Waals surface area contributed by atoms with Crippen LogP contribution in [-0.4, -0.2) is 11.0 Å². The largest absolute Gasteiger partial charge is 0.382 e. The molecule has 2 unspecified atom stereocenters. The van der Waals surface area contributed by atoms with Crippen LogP contribution in [0.15, 0.2) is 22.7 Å². The van der Waals surface area contributed by atoms with E-state index in [2.05, 4.69) is 28.2 Å². The monoisotopic (exact) mass is 312 g/mol. The van der Waals surface area contributed by atoms with Gasteiger partial charge in [0.05, 0.1) is 9.40 Å². The fourth-order valence-electron chi connectivity index (χ4n) is 2.54. The van der Waals surface area contributed by atoms with Gasteiger partial charge in [-0.2, -0.15) is 0 Å². The fraction of sp³-hybridized carbons (Fsp3) is 0.538. The average Bonchev–Trinajstić information content (AvgIpc) is 2.31. The van der Waals surface area contributed by atoms with Gasteiger partial charge in [-0.05, 0) is 46.8 Å². The summed E-state index contributed by atoms with van der Waals surface area (Å²) in [5, 5.41) is 14.3. The van der Waals surface area contributed by atoms with Crippen LogP contribution in [0.2, 0.25) is 0 Å². The molecule has 1 saturated carbocycles. The van der Waals surface area contributed by atoms with E-state index in [0.29, 0.717) is 10.5 Å². The maximum absolute atomic E-state index is 10.9. The van der Waals surface area contributed by atoms with Crippen LogP contribution < -0.4 is 5.32 Å². The van der Waals surface area contributed by atoms with Gasteiger partial charge in [-0.25, -0.2) is 0 Å². The van der Waals surface area contributed by atoms with Crippen molar-refractivity contribution in [2.75, 3.05) is 5.32 Å². The van der Waals surface area contributed by atoms with Crippen LogP contribution in [0.4, 0.5) is 11.4 Å². The van der Waals surface area contributed by atoms with Gasteiger partial charge < -0.3 is 5.32 Å². The van der Waals surface area contributed by atoms with Gasteiger partial charge in [0, 0.05) is 17.8 Å². The molecule has 0 spiro atoms. The van der Waals surface area contributed by atoms with Gasteiger partial charge in [0.2, 0.25) is 0 Å². The number of nitrogens with zero attached hydrogens (tertiary/aromatic N) is 1. The highest BCUT2D eigenvalue weighted by atomic mass is 79.9. The molecule has 98 valence electrons. The average molecular weight is 313 g/mol. The normalized spacial score (nSPS) is 23.7. The highest BCUT2D eigenvalue weighted by molar-refractivity contribution is 9.10. The van der Waals surface area contributed by atoms with Crippen molar-refractivity contribution in [3.63, 3.8) is 0 Å². The van der Waals surface area contributed by atoms with E-state index in [-0.39, 0.29) is 10.6 Å². The Balaban J connectivity index is 2.09. The number of hydrogen-bond acceptors (Lipinski definition) is 3. The van der Waals surface area contributed by atoms with Crippen molar-refractivity contribution in [3.8, 4) is 0 Å². The second-order valence-electron chi connectivity index (χ2n) is 5.04. The van der Waals surface area contributed by atoms with Gasteiger partial charge in [0.1, 0.15) is 0 Å². The first-order valence-corrected chi connectivity index (χ1v) is 7.06. The summed E-state index contributed by atoms with van der Waals surface area (Å²) in [5.74, 6) is 0.738. The first-order chi connectivity index (χ1) is 8.56. The van der Waals surface area contributed by atoms with Gasteiger partial charge >= 0.3 is 0 Å². The third kappa shape index (κ3) is 3.22. The molecule has 1 aliphatic rings. The molecule has 0 heterocycles. The molecule has 4 nitrogen and oxygen atoms in total. The maximum atomic E-state index is 10.9. The lowest BCUT2D eigenvalue weighted by Gasteiger charge is -2.28. The van der Waals surface area contributed by atoms with Gasteiger partial charge in [0.25, 0.3) is 5.69 Å². The fourth-order valence-corrected chi connectivity index (χ4v) is 2.93. The zero-order valence-electron chi connectivity index (χ0n) is 10.4. The van der Waals surface area contributed by atoms with Crippen molar-refractivity contribution in [1.82, 2.24) is 0 Å². The van der Waals surface area contributed by atoms with E-state index in [1.807, 2.05) is 6.07 Å². The minimum atomic E-state index is -0.362. The molecule has 2 rings (SSSR count). The van der Waals surface area contributed by atoms with Gasteiger partial charge in [-0.15, -0.1) is 0 Å². The first kappa shape index (κ1) is 13.3. The van der Waals surface area contributed by atoms with E-state index in [1.54, 1.807) is 12.1 Å². The van der Waals surface area contributed by atoms with Gasteiger partial charge in [0.15, 0.2) is 0 Å². The van der Waals surface area contributed by atoms with Gasteiger partial charge in [-0.3, -0.25) is 10.1 Å². The smallest absolute Gasteiger partial charge is 0.285 e. The van der Waals surface area contributed by atoms with E-state index in [9.17, 15) is 10.1 Å².